The van der Waals surface area contributed by atoms with E-state index < -0.39 is 0 Å². The number of rotatable bonds is 0. The lowest BCUT2D eigenvalue weighted by molar-refractivity contribution is 0.100. The third-order valence-corrected chi connectivity index (χ3v) is 1.99. The number of carbonyl (C=O) groups excluding carboxylic acids is 1. The molecule has 0 saturated carbocycles. The van der Waals surface area contributed by atoms with Crippen LogP contribution < -0.4 is 0 Å². The number of pyridine rings is 1. The van der Waals surface area contributed by atoms with Crippen LogP contribution in [0.4, 0.5) is 0 Å². The Hall–Kier alpha value is -2.04. The number of hydrogen-bond acceptors (Lipinski definition) is 3. The van der Waals surface area contributed by atoms with Crippen LogP contribution >= 0.6 is 0 Å². The van der Waals surface area contributed by atoms with Gasteiger partial charge in [-0.3, -0.25) is 4.79 Å². The molecule has 0 unspecified atom stereocenters. The lowest BCUT2D eigenvalue weighted by Gasteiger charge is -2.01. The summed E-state index contributed by atoms with van der Waals surface area (Å²) in [6.07, 6.45) is 4.69. The number of carbonyl (C=O) groups is 1. The van der Waals surface area contributed by atoms with Crippen molar-refractivity contribution in [2.45, 2.75) is 0 Å². The average Bonchev–Trinajstić information content (AvgIpc) is 2.70. The van der Waals surface area contributed by atoms with E-state index in [1.807, 2.05) is 0 Å². The van der Waals surface area contributed by atoms with E-state index >= 15 is 0 Å². The lowest BCUT2D eigenvalue weighted by Crippen LogP contribution is -2.02. The summed E-state index contributed by atoms with van der Waals surface area (Å²) in [6.45, 7) is 0. The van der Waals surface area contributed by atoms with Crippen LogP contribution in [-0.2, 0) is 0 Å². The molecule has 0 aromatic heterocycles. The summed E-state index contributed by atoms with van der Waals surface area (Å²) in [4.78, 5) is 22.8. The Labute approximate surface area is 73.1 Å². The van der Waals surface area contributed by atoms with E-state index in [0.717, 1.165) is 11.4 Å². The molecule has 0 N–H and O–H groups in total. The Morgan fingerprint density at radius 2 is 2.08 bits per heavy atom. The van der Waals surface area contributed by atoms with E-state index in [1.54, 1.807) is 16.8 Å². The second-order valence-corrected chi connectivity index (χ2v) is 2.76. The first-order valence-corrected chi connectivity index (χ1v) is 3.76. The number of aliphatic imine (C=N–C) groups is 1. The Balaban J connectivity index is 2.40. The number of fused-ring (bicyclic) bond motifs is 2. The van der Waals surface area contributed by atoms with Crippen molar-refractivity contribution in [3.8, 4) is 11.4 Å². The molecular weight excluding hydrogens is 168 g/mol. The maximum atomic E-state index is 11.2. The fourth-order valence-corrected chi connectivity index (χ4v) is 1.35. The zero-order chi connectivity index (χ0) is 8.84. The van der Waals surface area contributed by atoms with Crippen LogP contribution in [0, 0.1) is 0 Å². The fourth-order valence-electron chi connectivity index (χ4n) is 1.35. The molecule has 0 bridgehead atoms. The van der Waals surface area contributed by atoms with Gasteiger partial charge in [0, 0.05) is 6.20 Å². The van der Waals surface area contributed by atoms with Crippen LogP contribution in [0.3, 0.4) is 0 Å². The molecule has 0 radical (unpaired) electrons. The van der Waals surface area contributed by atoms with Crippen LogP contribution in [0.5, 0.6) is 0 Å². The highest BCUT2D eigenvalue weighted by Gasteiger charge is 2.18. The van der Waals surface area contributed by atoms with Crippen molar-refractivity contribution < 1.29 is 4.79 Å². The molecule has 3 rings (SSSR count). The van der Waals surface area contributed by atoms with Crippen LogP contribution in [-0.4, -0.2) is 26.8 Å². The predicted octanol–water partition coefficient (Wildman–Crippen LogP) is 0.413. The Kier molecular flexibility index (Phi) is 0.999. The summed E-state index contributed by atoms with van der Waals surface area (Å²) >= 11 is 0. The highest BCUT2D eigenvalue weighted by molar-refractivity contribution is 6.04. The maximum Gasteiger partial charge on any atom is 0.295 e. The predicted molar refractivity (Wildman–Crippen MR) is 44.9 cm³/mol. The first-order chi connectivity index (χ1) is 6.34. The van der Waals surface area contributed by atoms with Crippen molar-refractivity contribution in [2.75, 3.05) is 0 Å². The highest BCUT2D eigenvalue weighted by atomic mass is 16.1. The summed E-state index contributed by atoms with van der Waals surface area (Å²) in [5.74, 6) is -0.232. The van der Waals surface area contributed by atoms with Crippen LogP contribution in [0.2, 0.25) is 0 Å². The molecule has 0 aliphatic carbocycles. The Morgan fingerprint density at radius 3 is 3.00 bits per heavy atom. The molecule has 3 heterocycles. The van der Waals surface area contributed by atoms with E-state index in [0.29, 0.717) is 5.69 Å². The van der Waals surface area contributed by atoms with Gasteiger partial charge in [-0.25, -0.2) is 9.97 Å². The van der Waals surface area contributed by atoms with Gasteiger partial charge in [-0.2, -0.15) is 4.99 Å². The van der Waals surface area contributed by atoms with Crippen molar-refractivity contribution in [2.24, 2.45) is 4.99 Å². The lowest BCUT2D eigenvalue weighted by atomic mass is 10.2. The van der Waals surface area contributed by atoms with E-state index in [9.17, 15) is 4.79 Å². The van der Waals surface area contributed by atoms with E-state index in [-0.39, 0.29) is 5.91 Å². The van der Waals surface area contributed by atoms with Crippen molar-refractivity contribution >= 4 is 12.2 Å². The van der Waals surface area contributed by atoms with Gasteiger partial charge in [-0.15, -0.1) is 0 Å². The molecule has 0 atom stereocenters. The minimum atomic E-state index is -0.232. The summed E-state index contributed by atoms with van der Waals surface area (Å²) in [7, 11) is 0. The molecule has 5 nitrogen and oxygen atoms in total. The fraction of sp³-hybridized carbons (Fsp3) is 0. The Morgan fingerprint density at radius 1 is 1.23 bits per heavy atom. The molecule has 0 aromatic rings. The van der Waals surface area contributed by atoms with Gasteiger partial charge in [0.1, 0.15) is 24.1 Å². The van der Waals surface area contributed by atoms with Gasteiger partial charge >= 0.3 is 0 Å². The molecular formula is C8H4N4O. The van der Waals surface area contributed by atoms with E-state index in [1.165, 1.54) is 12.7 Å². The van der Waals surface area contributed by atoms with Crippen molar-refractivity contribution in [3.63, 3.8) is 0 Å². The molecule has 5 heteroatoms. The molecule has 0 saturated heterocycles. The van der Waals surface area contributed by atoms with E-state index in [2.05, 4.69) is 15.0 Å². The second kappa shape index (κ2) is 2.01. The van der Waals surface area contributed by atoms with Gasteiger partial charge in [0.15, 0.2) is 0 Å². The van der Waals surface area contributed by atoms with Gasteiger partial charge < -0.3 is 4.57 Å². The van der Waals surface area contributed by atoms with Gasteiger partial charge in [0.2, 0.25) is 0 Å². The number of amides is 1. The topological polar surface area (TPSA) is 60.1 Å². The third-order valence-electron chi connectivity index (χ3n) is 1.99. The van der Waals surface area contributed by atoms with Crippen LogP contribution in [0.1, 0.15) is 10.5 Å². The Bertz CT molecular complexity index is 499. The quantitative estimate of drug-likeness (QED) is 0.578. The molecule has 3 aliphatic heterocycles. The monoisotopic (exact) mass is 172 g/mol. The minimum absolute atomic E-state index is 0.232. The summed E-state index contributed by atoms with van der Waals surface area (Å²) in [5.41, 5.74) is 2.03. The average molecular weight is 172 g/mol. The zero-order valence-corrected chi connectivity index (χ0v) is 6.51. The van der Waals surface area contributed by atoms with Crippen LogP contribution in [0.15, 0.2) is 23.6 Å². The minimum Gasteiger partial charge on any atom is -0.300 e. The smallest absolute Gasteiger partial charge is 0.295 e. The maximum absolute atomic E-state index is 11.2. The summed E-state index contributed by atoms with van der Waals surface area (Å²) in [5, 5.41) is 0. The highest BCUT2D eigenvalue weighted by Crippen LogP contribution is 2.20. The molecule has 62 valence electrons. The SMILES string of the molecule is O=C1N=Cn2cc3ncnc-3cc21. The number of nitrogens with zero attached hydrogens (tertiary/aromatic N) is 4. The first kappa shape index (κ1) is 6.47. The molecule has 0 fully saturated rings. The first-order valence-electron chi connectivity index (χ1n) is 3.76. The van der Waals surface area contributed by atoms with Crippen molar-refractivity contribution in [1.82, 2.24) is 14.5 Å². The van der Waals surface area contributed by atoms with Crippen molar-refractivity contribution in [3.05, 3.63) is 24.3 Å². The molecule has 1 amide bonds. The number of hydrogen-bond donors (Lipinski definition) is 0. The standard InChI is InChI=1S/C8H4N4O/c13-8-7-1-5-6(10-3-9-5)2-12(7)4-11-8/h1-4H. The number of aromatic nitrogens is 3. The number of imidazole rings is 1. The molecule has 0 aromatic carbocycles. The van der Waals surface area contributed by atoms with Gasteiger partial charge in [0.25, 0.3) is 5.91 Å². The molecule has 0 spiro atoms. The van der Waals surface area contributed by atoms with Gasteiger partial charge in [-0.1, -0.05) is 0 Å². The van der Waals surface area contributed by atoms with E-state index in [4.69, 9.17) is 0 Å². The van der Waals surface area contributed by atoms with Gasteiger partial charge in [0.05, 0.1) is 5.69 Å². The largest absolute Gasteiger partial charge is 0.300 e. The summed E-state index contributed by atoms with van der Waals surface area (Å²) in [6, 6.07) is 1.69. The normalized spacial score (nSPS) is 14.0. The van der Waals surface area contributed by atoms with Crippen LogP contribution in [0.25, 0.3) is 11.4 Å². The summed E-state index contributed by atoms with van der Waals surface area (Å²) < 4.78 is 1.65. The molecule has 3 aliphatic rings. The third kappa shape index (κ3) is 0.752. The van der Waals surface area contributed by atoms with Crippen molar-refractivity contribution in [1.29, 1.82) is 0 Å². The second-order valence-electron chi connectivity index (χ2n) is 2.76. The molecule has 13 heavy (non-hydrogen) atoms. The van der Waals surface area contributed by atoms with Gasteiger partial charge in [-0.05, 0) is 6.07 Å². The zero-order valence-electron chi connectivity index (χ0n) is 6.51.